The molecule has 3 heterocycles. The summed E-state index contributed by atoms with van der Waals surface area (Å²) in [6, 6.07) is 11.0. The van der Waals surface area contributed by atoms with E-state index in [1.165, 1.54) is 0 Å². The molecule has 1 N–H and O–H groups in total. The van der Waals surface area contributed by atoms with Crippen LogP contribution in [0.15, 0.2) is 36.5 Å². The van der Waals surface area contributed by atoms with Crippen molar-refractivity contribution in [3.05, 3.63) is 47.8 Å². The maximum atomic E-state index is 12.3. The quantitative estimate of drug-likeness (QED) is 0.914. The Morgan fingerprint density at radius 1 is 1.21 bits per heavy atom. The average molecular weight is 322 g/mol. The molecule has 0 aliphatic carbocycles. The van der Waals surface area contributed by atoms with Gasteiger partial charge in [0, 0.05) is 38.1 Å². The molecule has 2 amide bonds. The molecule has 7 heteroatoms. The number of hydrogen-bond donors (Lipinski definition) is 1. The number of urea groups is 1. The number of aromatic nitrogens is 2. The maximum Gasteiger partial charge on any atom is 0.323 e. The third-order valence-corrected chi connectivity index (χ3v) is 3.90. The third kappa shape index (κ3) is 3.43. The Labute approximate surface area is 140 Å². The van der Waals surface area contributed by atoms with Gasteiger partial charge in [0.2, 0.25) is 0 Å². The average Bonchev–Trinajstić information content (AvgIpc) is 2.62. The minimum atomic E-state index is -0.158. The maximum absolute atomic E-state index is 12.3. The number of nitrogens with zero attached hydrogens (tertiary/aromatic N) is 5. The number of nitrogens with one attached hydrogen (secondary N) is 1. The van der Waals surface area contributed by atoms with Crippen molar-refractivity contribution in [1.29, 1.82) is 5.26 Å². The standard InChI is InChI=1S/C17H18N6O/c1-13-4-2-6-15(20-13)21-17(24)23-10-8-22(9-11-23)16-14(12-18)5-3-7-19-16/h2-7H,8-11H2,1H3,(H,20,21,24). The van der Waals surface area contributed by atoms with Crippen LogP contribution in [0.2, 0.25) is 0 Å². The molecular formula is C17H18N6O. The molecule has 0 bridgehead atoms. The molecule has 122 valence electrons. The number of piperazine rings is 1. The van der Waals surface area contributed by atoms with E-state index in [0.717, 1.165) is 5.69 Å². The SMILES string of the molecule is Cc1cccc(NC(=O)N2CCN(c3ncccc3C#N)CC2)n1. The summed E-state index contributed by atoms with van der Waals surface area (Å²) in [5.41, 5.74) is 1.41. The van der Waals surface area contributed by atoms with Crippen molar-refractivity contribution >= 4 is 17.7 Å². The molecule has 7 nitrogen and oxygen atoms in total. The van der Waals surface area contributed by atoms with Gasteiger partial charge in [-0.2, -0.15) is 5.26 Å². The molecule has 2 aromatic rings. The van der Waals surface area contributed by atoms with Gasteiger partial charge in [-0.15, -0.1) is 0 Å². The largest absolute Gasteiger partial charge is 0.352 e. The lowest BCUT2D eigenvalue weighted by Crippen LogP contribution is -2.50. The van der Waals surface area contributed by atoms with E-state index in [9.17, 15) is 10.1 Å². The summed E-state index contributed by atoms with van der Waals surface area (Å²) < 4.78 is 0. The van der Waals surface area contributed by atoms with Crippen molar-refractivity contribution in [2.45, 2.75) is 6.92 Å². The number of pyridine rings is 2. The second-order valence-electron chi connectivity index (χ2n) is 5.55. The van der Waals surface area contributed by atoms with E-state index < -0.39 is 0 Å². The first-order valence-electron chi connectivity index (χ1n) is 7.77. The van der Waals surface area contributed by atoms with Gasteiger partial charge in [-0.1, -0.05) is 6.07 Å². The van der Waals surface area contributed by atoms with Gasteiger partial charge in [0.25, 0.3) is 0 Å². The summed E-state index contributed by atoms with van der Waals surface area (Å²) in [5, 5.41) is 12.0. The lowest BCUT2D eigenvalue weighted by Gasteiger charge is -2.35. The number of hydrogen-bond acceptors (Lipinski definition) is 5. The number of anilines is 2. The fourth-order valence-corrected chi connectivity index (χ4v) is 2.66. The van der Waals surface area contributed by atoms with E-state index in [4.69, 9.17) is 0 Å². The van der Waals surface area contributed by atoms with Gasteiger partial charge >= 0.3 is 6.03 Å². The first-order valence-corrected chi connectivity index (χ1v) is 7.77. The highest BCUT2D eigenvalue weighted by Crippen LogP contribution is 2.18. The zero-order chi connectivity index (χ0) is 16.9. The van der Waals surface area contributed by atoms with Crippen LogP contribution in [0.3, 0.4) is 0 Å². The van der Waals surface area contributed by atoms with Crippen LogP contribution >= 0.6 is 0 Å². The molecule has 0 spiro atoms. The molecule has 0 unspecified atom stereocenters. The summed E-state index contributed by atoms with van der Waals surface area (Å²) in [7, 11) is 0. The Morgan fingerprint density at radius 2 is 2.00 bits per heavy atom. The number of nitriles is 1. The number of carbonyl (C=O) groups excluding carboxylic acids is 1. The zero-order valence-corrected chi connectivity index (χ0v) is 13.4. The predicted molar refractivity (Wildman–Crippen MR) is 90.7 cm³/mol. The summed E-state index contributed by atoms with van der Waals surface area (Å²) in [6.45, 7) is 4.30. The Morgan fingerprint density at radius 3 is 2.71 bits per heavy atom. The minimum absolute atomic E-state index is 0.158. The van der Waals surface area contributed by atoms with E-state index in [1.54, 1.807) is 29.3 Å². The van der Waals surface area contributed by atoms with Crippen molar-refractivity contribution in [2.24, 2.45) is 0 Å². The van der Waals surface area contributed by atoms with Crippen LogP contribution in [0, 0.1) is 18.3 Å². The lowest BCUT2D eigenvalue weighted by atomic mass is 10.2. The van der Waals surface area contributed by atoms with Crippen molar-refractivity contribution < 1.29 is 4.79 Å². The van der Waals surface area contributed by atoms with E-state index in [1.807, 2.05) is 24.0 Å². The highest BCUT2D eigenvalue weighted by atomic mass is 16.2. The number of rotatable bonds is 2. The first kappa shape index (κ1) is 15.7. The van der Waals surface area contributed by atoms with Crippen molar-refractivity contribution in [3.63, 3.8) is 0 Å². The summed E-state index contributed by atoms with van der Waals surface area (Å²) >= 11 is 0. The van der Waals surface area contributed by atoms with E-state index in [-0.39, 0.29) is 6.03 Å². The van der Waals surface area contributed by atoms with Crippen molar-refractivity contribution in [3.8, 4) is 6.07 Å². The molecule has 0 saturated carbocycles. The third-order valence-electron chi connectivity index (χ3n) is 3.90. The van der Waals surface area contributed by atoms with Gasteiger partial charge in [0.1, 0.15) is 17.7 Å². The number of carbonyl (C=O) groups is 1. The fraction of sp³-hybridized carbons (Fsp3) is 0.294. The number of aryl methyl sites for hydroxylation is 1. The lowest BCUT2D eigenvalue weighted by molar-refractivity contribution is 0.208. The number of amides is 2. The van der Waals surface area contributed by atoms with Crippen LogP contribution in [-0.2, 0) is 0 Å². The highest BCUT2D eigenvalue weighted by molar-refractivity contribution is 5.88. The van der Waals surface area contributed by atoms with E-state index >= 15 is 0 Å². The smallest absolute Gasteiger partial charge is 0.323 e. The molecule has 3 rings (SSSR count). The van der Waals surface area contributed by atoms with Crippen LogP contribution < -0.4 is 10.2 Å². The van der Waals surface area contributed by atoms with E-state index in [0.29, 0.717) is 43.4 Å². The molecule has 0 aromatic carbocycles. The van der Waals surface area contributed by atoms with Gasteiger partial charge in [-0.3, -0.25) is 5.32 Å². The Kier molecular flexibility index (Phi) is 4.57. The monoisotopic (exact) mass is 322 g/mol. The molecule has 24 heavy (non-hydrogen) atoms. The minimum Gasteiger partial charge on any atom is -0.352 e. The van der Waals surface area contributed by atoms with Gasteiger partial charge in [0.15, 0.2) is 0 Å². The van der Waals surface area contributed by atoms with Gasteiger partial charge in [-0.25, -0.2) is 14.8 Å². The molecule has 1 aliphatic rings. The molecular weight excluding hydrogens is 304 g/mol. The van der Waals surface area contributed by atoms with E-state index in [2.05, 4.69) is 21.4 Å². The first-order chi connectivity index (χ1) is 11.7. The zero-order valence-electron chi connectivity index (χ0n) is 13.4. The summed E-state index contributed by atoms with van der Waals surface area (Å²) in [6.07, 6.45) is 1.68. The molecule has 1 saturated heterocycles. The second-order valence-corrected chi connectivity index (χ2v) is 5.55. The van der Waals surface area contributed by atoms with Gasteiger partial charge < -0.3 is 9.80 Å². The summed E-state index contributed by atoms with van der Waals surface area (Å²) in [4.78, 5) is 24.7. The van der Waals surface area contributed by atoms with Crippen LogP contribution in [0.4, 0.5) is 16.4 Å². The van der Waals surface area contributed by atoms with Crippen molar-refractivity contribution in [2.75, 3.05) is 36.4 Å². The van der Waals surface area contributed by atoms with Gasteiger partial charge in [-0.05, 0) is 31.2 Å². The van der Waals surface area contributed by atoms with Crippen LogP contribution in [0.1, 0.15) is 11.3 Å². The van der Waals surface area contributed by atoms with Crippen molar-refractivity contribution in [1.82, 2.24) is 14.9 Å². The van der Waals surface area contributed by atoms with Gasteiger partial charge in [0.05, 0.1) is 5.56 Å². The molecule has 1 fully saturated rings. The van der Waals surface area contributed by atoms with Crippen LogP contribution in [0.25, 0.3) is 0 Å². The molecule has 1 aliphatic heterocycles. The Bertz CT molecular complexity index is 777. The molecule has 0 atom stereocenters. The second kappa shape index (κ2) is 6.96. The van der Waals surface area contributed by atoms with Crippen LogP contribution in [0.5, 0.6) is 0 Å². The normalized spacial score (nSPS) is 14.2. The molecule has 0 radical (unpaired) electrons. The fourth-order valence-electron chi connectivity index (χ4n) is 2.66. The Hall–Kier alpha value is -3.14. The van der Waals surface area contributed by atoms with Crippen LogP contribution in [-0.4, -0.2) is 47.1 Å². The molecule has 2 aromatic heterocycles. The topological polar surface area (TPSA) is 85.2 Å². The Balaban J connectivity index is 1.61. The summed E-state index contributed by atoms with van der Waals surface area (Å²) in [5.74, 6) is 1.24. The highest BCUT2D eigenvalue weighted by Gasteiger charge is 2.23. The predicted octanol–water partition coefficient (Wildman–Crippen LogP) is 2.01.